The molecule has 0 aliphatic carbocycles. The van der Waals surface area contributed by atoms with Crippen molar-refractivity contribution in [3.63, 3.8) is 0 Å². The molecule has 1 aromatic heterocycles. The Bertz CT molecular complexity index is 479. The molecule has 0 amide bonds. The van der Waals surface area contributed by atoms with Gasteiger partial charge in [-0.3, -0.25) is 0 Å². The molecular formula is C12H14FN3O. The highest BCUT2D eigenvalue weighted by Crippen LogP contribution is 2.10. The van der Waals surface area contributed by atoms with E-state index < -0.39 is 0 Å². The first kappa shape index (κ1) is 11.7. The maximum absolute atomic E-state index is 12.7. The summed E-state index contributed by atoms with van der Waals surface area (Å²) >= 11 is 0. The van der Waals surface area contributed by atoms with E-state index in [0.29, 0.717) is 18.2 Å². The highest BCUT2D eigenvalue weighted by molar-refractivity contribution is 5.16. The fourth-order valence-electron chi connectivity index (χ4n) is 1.45. The van der Waals surface area contributed by atoms with Crippen molar-refractivity contribution < 1.29 is 8.81 Å². The molecule has 1 atom stereocenters. The summed E-state index contributed by atoms with van der Waals surface area (Å²) in [6.07, 6.45) is 1.37. The summed E-state index contributed by atoms with van der Waals surface area (Å²) in [5.41, 5.74) is 6.65. The number of nitrogens with zero attached hydrogens (tertiary/aromatic N) is 2. The summed E-state index contributed by atoms with van der Waals surface area (Å²) in [7, 11) is 0. The zero-order valence-electron chi connectivity index (χ0n) is 9.56. The van der Waals surface area contributed by atoms with Crippen LogP contribution in [0.15, 0.2) is 28.7 Å². The van der Waals surface area contributed by atoms with E-state index in [1.165, 1.54) is 12.1 Å². The molecule has 1 unspecified atom stereocenters. The van der Waals surface area contributed by atoms with E-state index in [2.05, 4.69) is 10.2 Å². The van der Waals surface area contributed by atoms with Crippen molar-refractivity contribution >= 4 is 0 Å². The van der Waals surface area contributed by atoms with Crippen molar-refractivity contribution in [1.29, 1.82) is 0 Å². The summed E-state index contributed by atoms with van der Waals surface area (Å²) in [5, 5.41) is 7.74. The van der Waals surface area contributed by atoms with Crippen LogP contribution in [0.25, 0.3) is 0 Å². The fraction of sp³-hybridized carbons (Fsp3) is 0.333. The molecule has 0 aliphatic heterocycles. The number of halogens is 1. The van der Waals surface area contributed by atoms with Crippen LogP contribution in [0.3, 0.4) is 0 Å². The molecule has 2 rings (SSSR count). The summed E-state index contributed by atoms with van der Waals surface area (Å²) in [5.74, 6) is 0.770. The Hall–Kier alpha value is -1.75. The first-order valence-electron chi connectivity index (χ1n) is 5.47. The van der Waals surface area contributed by atoms with Gasteiger partial charge in [-0.05, 0) is 31.0 Å². The quantitative estimate of drug-likeness (QED) is 0.880. The van der Waals surface area contributed by atoms with Crippen LogP contribution in [-0.4, -0.2) is 10.2 Å². The molecule has 0 bridgehead atoms. The number of rotatable bonds is 4. The van der Waals surface area contributed by atoms with Crippen LogP contribution in [0, 0.1) is 5.82 Å². The van der Waals surface area contributed by atoms with Crippen LogP contribution >= 0.6 is 0 Å². The number of benzene rings is 1. The molecule has 0 radical (unpaired) electrons. The predicted molar refractivity (Wildman–Crippen MR) is 60.7 cm³/mol. The van der Waals surface area contributed by atoms with Crippen LogP contribution in [0.2, 0.25) is 0 Å². The van der Waals surface area contributed by atoms with Crippen LogP contribution in [-0.2, 0) is 12.8 Å². The largest absolute Gasteiger partial charge is 0.424 e. The second kappa shape index (κ2) is 5.05. The van der Waals surface area contributed by atoms with Gasteiger partial charge in [-0.15, -0.1) is 10.2 Å². The minimum absolute atomic E-state index is 0.231. The molecule has 1 heterocycles. The molecule has 4 nitrogen and oxygen atoms in total. The standard InChI is InChI=1S/C12H14FN3O/c1-8(14)12-16-15-11(17-12)7-4-9-2-5-10(13)6-3-9/h2-3,5-6,8H,4,7,14H2,1H3. The molecule has 0 saturated carbocycles. The lowest BCUT2D eigenvalue weighted by Crippen LogP contribution is -2.04. The monoisotopic (exact) mass is 235 g/mol. The summed E-state index contributed by atoms with van der Waals surface area (Å²) in [6.45, 7) is 1.79. The van der Waals surface area contributed by atoms with Crippen LogP contribution in [0.5, 0.6) is 0 Å². The minimum Gasteiger partial charge on any atom is -0.424 e. The topological polar surface area (TPSA) is 64.9 Å². The molecule has 17 heavy (non-hydrogen) atoms. The lowest BCUT2D eigenvalue weighted by Gasteiger charge is -1.98. The SMILES string of the molecule is CC(N)c1nnc(CCc2ccc(F)cc2)o1. The number of hydrogen-bond donors (Lipinski definition) is 1. The van der Waals surface area contributed by atoms with Crippen LogP contribution < -0.4 is 5.73 Å². The third-order valence-corrected chi connectivity index (χ3v) is 2.41. The van der Waals surface area contributed by atoms with Gasteiger partial charge in [0, 0.05) is 6.42 Å². The summed E-state index contributed by atoms with van der Waals surface area (Å²) in [6, 6.07) is 6.13. The summed E-state index contributed by atoms with van der Waals surface area (Å²) < 4.78 is 18.1. The zero-order chi connectivity index (χ0) is 12.3. The van der Waals surface area contributed by atoms with Gasteiger partial charge in [-0.2, -0.15) is 0 Å². The molecule has 90 valence electrons. The Morgan fingerprint density at radius 1 is 1.24 bits per heavy atom. The van der Waals surface area contributed by atoms with Gasteiger partial charge in [0.25, 0.3) is 0 Å². The number of hydrogen-bond acceptors (Lipinski definition) is 4. The average Bonchev–Trinajstić information content (AvgIpc) is 2.77. The van der Waals surface area contributed by atoms with Gasteiger partial charge < -0.3 is 10.2 Å². The maximum Gasteiger partial charge on any atom is 0.232 e. The smallest absolute Gasteiger partial charge is 0.232 e. The highest BCUT2D eigenvalue weighted by Gasteiger charge is 2.09. The van der Waals surface area contributed by atoms with Crippen molar-refractivity contribution in [3.8, 4) is 0 Å². The number of aryl methyl sites for hydroxylation is 2. The first-order valence-corrected chi connectivity index (χ1v) is 5.47. The second-order valence-corrected chi connectivity index (χ2v) is 3.95. The van der Waals surface area contributed by atoms with Gasteiger partial charge >= 0.3 is 0 Å². The van der Waals surface area contributed by atoms with Crippen molar-refractivity contribution in [1.82, 2.24) is 10.2 Å². The molecule has 0 aliphatic rings. The lowest BCUT2D eigenvalue weighted by atomic mass is 10.1. The lowest BCUT2D eigenvalue weighted by molar-refractivity contribution is 0.426. The third kappa shape index (κ3) is 3.10. The average molecular weight is 235 g/mol. The maximum atomic E-state index is 12.7. The van der Waals surface area contributed by atoms with Crippen molar-refractivity contribution in [2.24, 2.45) is 5.73 Å². The van der Waals surface area contributed by atoms with Gasteiger partial charge in [0.2, 0.25) is 11.8 Å². The first-order chi connectivity index (χ1) is 8.15. The number of nitrogens with two attached hydrogens (primary N) is 1. The summed E-state index contributed by atoms with van der Waals surface area (Å²) in [4.78, 5) is 0. The van der Waals surface area contributed by atoms with Gasteiger partial charge in [0.1, 0.15) is 5.82 Å². The Balaban J connectivity index is 1.95. The fourth-order valence-corrected chi connectivity index (χ4v) is 1.45. The normalized spacial score (nSPS) is 12.6. The third-order valence-electron chi connectivity index (χ3n) is 2.41. The van der Waals surface area contributed by atoms with Gasteiger partial charge in [0.05, 0.1) is 6.04 Å². The van der Waals surface area contributed by atoms with Gasteiger partial charge in [0.15, 0.2) is 0 Å². The molecule has 0 fully saturated rings. The molecule has 2 aromatic rings. The van der Waals surface area contributed by atoms with Crippen LogP contribution in [0.4, 0.5) is 4.39 Å². The molecule has 5 heteroatoms. The van der Waals surface area contributed by atoms with E-state index >= 15 is 0 Å². The van der Waals surface area contributed by atoms with Crippen LogP contribution in [0.1, 0.15) is 30.3 Å². The van der Waals surface area contributed by atoms with E-state index in [1.807, 2.05) is 0 Å². The van der Waals surface area contributed by atoms with Crippen molar-refractivity contribution in [3.05, 3.63) is 47.4 Å². The Labute approximate surface area is 98.7 Å². The molecular weight excluding hydrogens is 221 g/mol. The van der Waals surface area contributed by atoms with Crippen molar-refractivity contribution in [2.75, 3.05) is 0 Å². The van der Waals surface area contributed by atoms with E-state index in [0.717, 1.165) is 12.0 Å². The Morgan fingerprint density at radius 2 is 1.94 bits per heavy atom. The van der Waals surface area contributed by atoms with Crippen molar-refractivity contribution in [2.45, 2.75) is 25.8 Å². The van der Waals surface area contributed by atoms with Gasteiger partial charge in [-0.25, -0.2) is 4.39 Å². The van der Waals surface area contributed by atoms with E-state index in [-0.39, 0.29) is 11.9 Å². The highest BCUT2D eigenvalue weighted by atomic mass is 19.1. The molecule has 2 N–H and O–H groups in total. The van der Waals surface area contributed by atoms with E-state index in [4.69, 9.17) is 10.2 Å². The zero-order valence-corrected chi connectivity index (χ0v) is 9.56. The van der Waals surface area contributed by atoms with Gasteiger partial charge in [-0.1, -0.05) is 12.1 Å². The Morgan fingerprint density at radius 3 is 2.53 bits per heavy atom. The number of aromatic nitrogens is 2. The molecule has 0 spiro atoms. The predicted octanol–water partition coefficient (Wildman–Crippen LogP) is 2.01. The Kier molecular flexibility index (Phi) is 3.49. The molecule has 1 aromatic carbocycles. The molecule has 0 saturated heterocycles. The minimum atomic E-state index is -0.248. The van der Waals surface area contributed by atoms with E-state index in [9.17, 15) is 4.39 Å². The second-order valence-electron chi connectivity index (χ2n) is 3.95. The van der Waals surface area contributed by atoms with E-state index in [1.54, 1.807) is 19.1 Å².